The summed E-state index contributed by atoms with van der Waals surface area (Å²) >= 11 is 0. The van der Waals surface area contributed by atoms with Gasteiger partial charge in [-0.3, -0.25) is 19.3 Å². The molecule has 3 aromatic rings. The van der Waals surface area contributed by atoms with Gasteiger partial charge in [0, 0.05) is 17.9 Å². The fourth-order valence-electron chi connectivity index (χ4n) is 4.01. The van der Waals surface area contributed by atoms with Crippen LogP contribution in [0.25, 0.3) is 0 Å². The predicted octanol–water partition coefficient (Wildman–Crippen LogP) is 5.13. The number of anilines is 1. The van der Waals surface area contributed by atoms with E-state index in [2.05, 4.69) is 15.5 Å². The molecule has 34 heavy (non-hydrogen) atoms. The summed E-state index contributed by atoms with van der Waals surface area (Å²) in [5, 5.41) is 11.2. The zero-order valence-electron chi connectivity index (χ0n) is 18.3. The normalized spacial score (nSPS) is 17.4. The van der Waals surface area contributed by atoms with E-state index >= 15 is 0 Å². The van der Waals surface area contributed by atoms with Crippen molar-refractivity contribution in [1.82, 2.24) is 4.90 Å². The molecule has 1 unspecified atom stereocenters. The lowest BCUT2D eigenvalue weighted by Gasteiger charge is -2.17. The standard InChI is InChI=1S/C26H22N4O4/c31-24(27-18-9-11-20(12-10-18)29-28-19-5-2-1-3-6-19)17-8-13-22-23(15-17)26(33)30(25(22)32)16-21-7-4-14-34-21/h1-3,5-6,8-13,15,21H,4,7,14,16H2,(H,27,31). The summed E-state index contributed by atoms with van der Waals surface area (Å²) in [6.07, 6.45) is 1.63. The quantitative estimate of drug-likeness (QED) is 0.412. The second-order valence-electron chi connectivity index (χ2n) is 8.15. The van der Waals surface area contributed by atoms with E-state index in [9.17, 15) is 14.4 Å². The summed E-state index contributed by atoms with van der Waals surface area (Å²) in [6.45, 7) is 0.886. The first-order chi connectivity index (χ1) is 16.6. The first-order valence-corrected chi connectivity index (χ1v) is 11.1. The monoisotopic (exact) mass is 454 g/mol. The molecule has 1 N–H and O–H groups in total. The van der Waals surface area contributed by atoms with Crippen molar-refractivity contribution in [3.63, 3.8) is 0 Å². The predicted molar refractivity (Wildman–Crippen MR) is 126 cm³/mol. The molecule has 0 aliphatic carbocycles. The van der Waals surface area contributed by atoms with Crippen molar-refractivity contribution in [3.8, 4) is 0 Å². The minimum atomic E-state index is -0.390. The van der Waals surface area contributed by atoms with E-state index in [0.29, 0.717) is 29.1 Å². The molecular weight excluding hydrogens is 432 g/mol. The molecule has 5 rings (SSSR count). The average Bonchev–Trinajstić information content (AvgIpc) is 3.47. The van der Waals surface area contributed by atoms with Crippen LogP contribution in [0.3, 0.4) is 0 Å². The summed E-state index contributed by atoms with van der Waals surface area (Å²) in [5.41, 5.74) is 2.83. The zero-order chi connectivity index (χ0) is 23.5. The van der Waals surface area contributed by atoms with Crippen LogP contribution < -0.4 is 5.32 Å². The maximum atomic E-state index is 12.8. The van der Waals surface area contributed by atoms with E-state index in [1.54, 1.807) is 30.3 Å². The molecule has 2 heterocycles. The van der Waals surface area contributed by atoms with Crippen LogP contribution in [-0.2, 0) is 4.74 Å². The van der Waals surface area contributed by atoms with E-state index in [0.717, 1.165) is 18.5 Å². The van der Waals surface area contributed by atoms with Crippen molar-refractivity contribution in [1.29, 1.82) is 0 Å². The van der Waals surface area contributed by atoms with Gasteiger partial charge >= 0.3 is 0 Å². The molecule has 2 aliphatic rings. The van der Waals surface area contributed by atoms with Gasteiger partial charge in [0.1, 0.15) is 0 Å². The van der Waals surface area contributed by atoms with E-state index < -0.39 is 5.91 Å². The second kappa shape index (κ2) is 9.36. The van der Waals surface area contributed by atoms with Crippen molar-refractivity contribution < 1.29 is 19.1 Å². The number of ether oxygens (including phenoxy) is 1. The summed E-state index contributed by atoms with van der Waals surface area (Å²) in [6, 6.07) is 20.9. The van der Waals surface area contributed by atoms with Crippen LogP contribution >= 0.6 is 0 Å². The maximum absolute atomic E-state index is 12.8. The molecule has 0 radical (unpaired) electrons. The molecule has 3 aromatic carbocycles. The number of hydrogen-bond acceptors (Lipinski definition) is 6. The molecular formula is C26H22N4O4. The molecule has 170 valence electrons. The Balaban J connectivity index is 1.25. The number of fused-ring (bicyclic) bond motifs is 1. The molecule has 0 aromatic heterocycles. The Labute approximate surface area is 196 Å². The van der Waals surface area contributed by atoms with Gasteiger partial charge in [-0.05, 0) is 67.4 Å². The van der Waals surface area contributed by atoms with Crippen LogP contribution in [0.4, 0.5) is 17.1 Å². The first kappa shape index (κ1) is 21.7. The van der Waals surface area contributed by atoms with Crippen molar-refractivity contribution in [2.75, 3.05) is 18.5 Å². The molecule has 0 saturated carbocycles. The van der Waals surface area contributed by atoms with Crippen LogP contribution in [0.5, 0.6) is 0 Å². The first-order valence-electron chi connectivity index (χ1n) is 11.1. The van der Waals surface area contributed by atoms with Gasteiger partial charge in [0.15, 0.2) is 0 Å². The topological polar surface area (TPSA) is 100 Å². The van der Waals surface area contributed by atoms with Gasteiger partial charge in [-0.1, -0.05) is 18.2 Å². The van der Waals surface area contributed by atoms with Crippen LogP contribution in [0.15, 0.2) is 83.0 Å². The van der Waals surface area contributed by atoms with Crippen molar-refractivity contribution in [3.05, 3.63) is 89.5 Å². The van der Waals surface area contributed by atoms with Crippen molar-refractivity contribution in [2.24, 2.45) is 10.2 Å². The number of amides is 3. The highest BCUT2D eigenvalue weighted by molar-refractivity contribution is 6.22. The molecule has 8 nitrogen and oxygen atoms in total. The Hall–Kier alpha value is -4.17. The van der Waals surface area contributed by atoms with Gasteiger partial charge in [-0.15, -0.1) is 0 Å². The maximum Gasteiger partial charge on any atom is 0.261 e. The van der Waals surface area contributed by atoms with Gasteiger partial charge in [0.05, 0.1) is 35.2 Å². The summed E-state index contributed by atoms with van der Waals surface area (Å²) in [4.78, 5) is 39.5. The largest absolute Gasteiger partial charge is 0.376 e. The van der Waals surface area contributed by atoms with E-state index in [1.165, 1.54) is 17.0 Å². The fraction of sp³-hybridized carbons (Fsp3) is 0.192. The molecule has 2 aliphatic heterocycles. The highest BCUT2D eigenvalue weighted by atomic mass is 16.5. The van der Waals surface area contributed by atoms with Crippen LogP contribution in [0, 0.1) is 0 Å². The summed E-state index contributed by atoms with van der Waals surface area (Å²) in [7, 11) is 0. The van der Waals surface area contributed by atoms with Crippen molar-refractivity contribution in [2.45, 2.75) is 18.9 Å². The Kier molecular flexibility index (Phi) is 5.97. The number of carbonyl (C=O) groups is 3. The third-order valence-electron chi connectivity index (χ3n) is 5.81. The van der Waals surface area contributed by atoms with Gasteiger partial charge in [0.25, 0.3) is 17.7 Å². The molecule has 1 saturated heterocycles. The van der Waals surface area contributed by atoms with E-state index in [4.69, 9.17) is 4.74 Å². The van der Waals surface area contributed by atoms with Crippen molar-refractivity contribution >= 4 is 34.8 Å². The minimum absolute atomic E-state index is 0.125. The number of benzene rings is 3. The lowest BCUT2D eigenvalue weighted by atomic mass is 10.1. The summed E-state index contributed by atoms with van der Waals surface area (Å²) < 4.78 is 5.56. The highest BCUT2D eigenvalue weighted by Gasteiger charge is 2.37. The Bertz CT molecular complexity index is 1270. The Morgan fingerprint density at radius 1 is 0.912 bits per heavy atom. The summed E-state index contributed by atoms with van der Waals surface area (Å²) in [5.74, 6) is -1.11. The lowest BCUT2D eigenvalue weighted by molar-refractivity contribution is 0.0475. The molecule has 1 fully saturated rings. The van der Waals surface area contributed by atoms with E-state index in [-0.39, 0.29) is 30.0 Å². The van der Waals surface area contributed by atoms with Crippen LogP contribution in [0.2, 0.25) is 0 Å². The second-order valence-corrected chi connectivity index (χ2v) is 8.15. The smallest absolute Gasteiger partial charge is 0.261 e. The third kappa shape index (κ3) is 4.49. The number of carbonyl (C=O) groups excluding carboxylic acids is 3. The van der Waals surface area contributed by atoms with Gasteiger partial charge in [-0.2, -0.15) is 10.2 Å². The molecule has 8 heteroatoms. The van der Waals surface area contributed by atoms with Gasteiger partial charge in [0.2, 0.25) is 0 Å². The van der Waals surface area contributed by atoms with E-state index in [1.807, 2.05) is 30.3 Å². The van der Waals surface area contributed by atoms with Gasteiger partial charge in [-0.25, -0.2) is 0 Å². The number of hydrogen-bond donors (Lipinski definition) is 1. The Morgan fingerprint density at radius 3 is 2.32 bits per heavy atom. The fourth-order valence-corrected chi connectivity index (χ4v) is 4.01. The number of azo groups is 1. The molecule has 0 spiro atoms. The highest BCUT2D eigenvalue weighted by Crippen LogP contribution is 2.27. The zero-order valence-corrected chi connectivity index (χ0v) is 18.3. The number of imide groups is 1. The number of rotatable bonds is 6. The van der Waals surface area contributed by atoms with Gasteiger partial charge < -0.3 is 10.1 Å². The lowest BCUT2D eigenvalue weighted by Crippen LogP contribution is -2.36. The number of nitrogens with zero attached hydrogens (tertiary/aromatic N) is 3. The number of nitrogens with one attached hydrogen (secondary N) is 1. The molecule has 0 bridgehead atoms. The Morgan fingerprint density at radius 2 is 1.62 bits per heavy atom. The average molecular weight is 454 g/mol. The van der Waals surface area contributed by atoms with Crippen LogP contribution in [-0.4, -0.2) is 41.9 Å². The minimum Gasteiger partial charge on any atom is -0.376 e. The SMILES string of the molecule is O=C(Nc1ccc(N=Nc2ccccc2)cc1)c1ccc2c(c1)C(=O)N(CC1CCCO1)C2=O. The van der Waals surface area contributed by atoms with Crippen LogP contribution in [0.1, 0.15) is 43.9 Å². The third-order valence-corrected chi connectivity index (χ3v) is 5.81. The molecule has 1 atom stereocenters. The molecule has 3 amide bonds.